The molecule has 1 aliphatic rings. The number of aryl methyl sites for hydroxylation is 1. The van der Waals surface area contributed by atoms with Gasteiger partial charge >= 0.3 is 5.69 Å². The molecule has 35 heavy (non-hydrogen) atoms. The van der Waals surface area contributed by atoms with E-state index < -0.39 is 29.7 Å². The van der Waals surface area contributed by atoms with E-state index in [0.29, 0.717) is 28.1 Å². The van der Waals surface area contributed by atoms with Crippen LogP contribution in [0.2, 0.25) is 5.02 Å². The molecule has 3 aromatic rings. The molecule has 4 rings (SSSR count). The topological polar surface area (TPSA) is 118 Å². The quantitative estimate of drug-likeness (QED) is 0.354. The Bertz CT molecular complexity index is 1290. The number of nitrogens with one attached hydrogen (secondary N) is 3. The molecule has 0 amide bonds. The normalized spacial score (nSPS) is 19.3. The highest BCUT2D eigenvalue weighted by molar-refractivity contribution is 7.80. The van der Waals surface area contributed by atoms with Gasteiger partial charge in [0.05, 0.1) is 6.10 Å². The van der Waals surface area contributed by atoms with Gasteiger partial charge in [0, 0.05) is 35.4 Å². The first-order chi connectivity index (χ1) is 16.8. The minimum atomic E-state index is -0.800. The van der Waals surface area contributed by atoms with Gasteiger partial charge in [-0.05, 0) is 61.1 Å². The lowest BCUT2D eigenvalue weighted by atomic mass is 10.2. The fraction of sp³-hybridized carbons (Fsp3) is 0.292. The van der Waals surface area contributed by atoms with Gasteiger partial charge in [-0.2, -0.15) is 0 Å². The van der Waals surface area contributed by atoms with Crippen molar-refractivity contribution in [3.63, 3.8) is 0 Å². The lowest BCUT2D eigenvalue weighted by Gasteiger charge is -2.18. The zero-order valence-electron chi connectivity index (χ0n) is 18.9. The molecule has 0 aliphatic carbocycles. The second-order valence-electron chi connectivity index (χ2n) is 8.19. The highest BCUT2D eigenvalue weighted by Crippen LogP contribution is 2.27. The summed E-state index contributed by atoms with van der Waals surface area (Å²) in [4.78, 5) is 25.9. The zero-order valence-corrected chi connectivity index (χ0v) is 20.4. The van der Waals surface area contributed by atoms with E-state index in [0.717, 1.165) is 11.3 Å². The summed E-state index contributed by atoms with van der Waals surface area (Å²) in [7, 11) is 0. The third-order valence-electron chi connectivity index (χ3n) is 5.56. The number of aliphatic hydroxyl groups is 1. The van der Waals surface area contributed by atoms with Gasteiger partial charge in [-0.3, -0.25) is 14.3 Å². The number of H-pyrrole nitrogens is 1. The average Bonchev–Trinajstić information content (AvgIpc) is 3.20. The summed E-state index contributed by atoms with van der Waals surface area (Å²) in [6.45, 7) is 2.27. The number of aromatic amines is 1. The molecule has 0 radical (unpaired) electrons. The highest BCUT2D eigenvalue weighted by atomic mass is 35.5. The number of anilines is 1. The summed E-state index contributed by atoms with van der Waals surface area (Å²) in [6.07, 6.45) is -0.408. The van der Waals surface area contributed by atoms with E-state index in [2.05, 4.69) is 15.6 Å². The van der Waals surface area contributed by atoms with Gasteiger partial charge in [0.2, 0.25) is 0 Å². The zero-order chi connectivity index (χ0) is 24.9. The van der Waals surface area contributed by atoms with Gasteiger partial charge in [-0.15, -0.1) is 0 Å². The van der Waals surface area contributed by atoms with Crippen LogP contribution in [0.25, 0.3) is 0 Å². The monoisotopic (exact) mass is 516 g/mol. The Balaban J connectivity index is 1.25. The van der Waals surface area contributed by atoms with Crippen molar-refractivity contribution in [1.29, 1.82) is 0 Å². The molecule has 3 atom stereocenters. The smallest absolute Gasteiger partial charge is 0.330 e. The molecular weight excluding hydrogens is 492 g/mol. The largest absolute Gasteiger partial charge is 0.489 e. The van der Waals surface area contributed by atoms with E-state index >= 15 is 0 Å². The van der Waals surface area contributed by atoms with Crippen LogP contribution in [0, 0.1) is 6.92 Å². The third kappa shape index (κ3) is 6.49. The molecule has 11 heteroatoms. The van der Waals surface area contributed by atoms with Crippen LogP contribution in [0.4, 0.5) is 5.69 Å². The molecule has 0 unspecified atom stereocenters. The maximum absolute atomic E-state index is 12.1. The standard InChI is InChI=1S/C24H25ClN4O5S/c1-14-12-29(24(32)28-22(14)31)21-10-19(30)20(34-21)11-26-23(35)27-17-6-8-18(9-7-17)33-13-15-2-4-16(25)5-3-15/h2-9,12,19-21,30H,10-11,13H2,1H3,(H2,26,27,35)(H,28,31,32)/t19-,20+,21-/m0/s1. The van der Waals surface area contributed by atoms with Crippen molar-refractivity contribution in [2.45, 2.75) is 38.4 Å². The summed E-state index contributed by atoms with van der Waals surface area (Å²) in [6, 6.07) is 14.8. The SMILES string of the molecule is Cc1cn([C@@H]2C[C@H](O)[C@@H](CNC(=S)Nc3ccc(OCc4ccc(Cl)cc4)cc3)O2)c(=O)[nH]c1=O. The van der Waals surface area contributed by atoms with E-state index in [4.69, 9.17) is 33.3 Å². The number of ether oxygens (including phenoxy) is 2. The van der Waals surface area contributed by atoms with Crippen molar-refractivity contribution >= 4 is 34.6 Å². The number of hydrogen-bond acceptors (Lipinski definition) is 6. The van der Waals surface area contributed by atoms with Crippen LogP contribution < -0.4 is 26.6 Å². The van der Waals surface area contributed by atoms with Gasteiger partial charge in [-0.1, -0.05) is 23.7 Å². The van der Waals surface area contributed by atoms with Crippen LogP contribution in [-0.4, -0.2) is 38.5 Å². The molecule has 1 fully saturated rings. The summed E-state index contributed by atoms with van der Waals surface area (Å²) >= 11 is 11.2. The molecule has 1 aliphatic heterocycles. The molecule has 0 spiro atoms. The first-order valence-electron chi connectivity index (χ1n) is 11.0. The first-order valence-corrected chi connectivity index (χ1v) is 11.7. The molecule has 4 N–H and O–H groups in total. The number of thiocarbonyl (C=S) groups is 1. The molecule has 1 saturated heterocycles. The Labute approximate surface area is 211 Å². The maximum Gasteiger partial charge on any atom is 0.330 e. The van der Waals surface area contributed by atoms with Crippen molar-refractivity contribution in [1.82, 2.24) is 14.9 Å². The summed E-state index contributed by atoms with van der Waals surface area (Å²) < 4.78 is 12.9. The van der Waals surface area contributed by atoms with Crippen molar-refractivity contribution in [2.75, 3.05) is 11.9 Å². The predicted octanol–water partition coefficient (Wildman–Crippen LogP) is 2.71. The second kappa shape index (κ2) is 11.0. The minimum absolute atomic E-state index is 0.218. The summed E-state index contributed by atoms with van der Waals surface area (Å²) in [5.74, 6) is 0.714. The number of rotatable bonds is 7. The Morgan fingerprint density at radius 1 is 1.23 bits per heavy atom. The molecule has 1 aromatic heterocycles. The van der Waals surface area contributed by atoms with Crippen molar-refractivity contribution in [3.05, 3.63) is 91.7 Å². The van der Waals surface area contributed by atoms with Crippen molar-refractivity contribution < 1.29 is 14.6 Å². The van der Waals surface area contributed by atoms with Crippen LogP contribution in [0.1, 0.15) is 23.8 Å². The van der Waals surface area contributed by atoms with E-state index in [9.17, 15) is 14.7 Å². The van der Waals surface area contributed by atoms with Gasteiger partial charge < -0.3 is 25.2 Å². The van der Waals surface area contributed by atoms with Gasteiger partial charge in [-0.25, -0.2) is 4.79 Å². The minimum Gasteiger partial charge on any atom is -0.489 e. The molecule has 2 aromatic carbocycles. The number of hydrogen-bond donors (Lipinski definition) is 4. The number of nitrogens with zero attached hydrogens (tertiary/aromatic N) is 1. The Kier molecular flexibility index (Phi) is 7.86. The van der Waals surface area contributed by atoms with E-state index in [1.54, 1.807) is 6.92 Å². The Morgan fingerprint density at radius 2 is 1.94 bits per heavy atom. The van der Waals surface area contributed by atoms with Crippen LogP contribution in [0.15, 0.2) is 64.3 Å². The fourth-order valence-electron chi connectivity index (χ4n) is 3.62. The molecule has 9 nitrogen and oxygen atoms in total. The van der Waals surface area contributed by atoms with Gasteiger partial charge in [0.15, 0.2) is 5.11 Å². The Morgan fingerprint density at radius 3 is 2.66 bits per heavy atom. The van der Waals surface area contributed by atoms with E-state index in [1.165, 1.54) is 10.8 Å². The van der Waals surface area contributed by atoms with E-state index in [-0.39, 0.29) is 13.0 Å². The van der Waals surface area contributed by atoms with Crippen LogP contribution in [-0.2, 0) is 11.3 Å². The maximum atomic E-state index is 12.1. The molecule has 184 valence electrons. The second-order valence-corrected chi connectivity index (χ2v) is 9.03. The third-order valence-corrected chi connectivity index (χ3v) is 6.05. The van der Waals surface area contributed by atoms with Crippen molar-refractivity contribution in [2.24, 2.45) is 0 Å². The van der Waals surface area contributed by atoms with Crippen molar-refractivity contribution in [3.8, 4) is 5.75 Å². The van der Waals surface area contributed by atoms with Crippen LogP contribution in [0.5, 0.6) is 5.75 Å². The molecule has 0 bridgehead atoms. The highest BCUT2D eigenvalue weighted by Gasteiger charge is 2.35. The number of benzene rings is 2. The molecule has 0 saturated carbocycles. The number of aromatic nitrogens is 2. The summed E-state index contributed by atoms with van der Waals surface area (Å²) in [5, 5.41) is 17.5. The number of aliphatic hydroxyl groups excluding tert-OH is 1. The van der Waals surface area contributed by atoms with E-state index in [1.807, 2.05) is 48.5 Å². The summed E-state index contributed by atoms with van der Waals surface area (Å²) in [5.41, 5.74) is 1.14. The Hall–Kier alpha value is -3.18. The molecule has 2 heterocycles. The van der Waals surface area contributed by atoms with Gasteiger partial charge in [0.1, 0.15) is 24.7 Å². The van der Waals surface area contributed by atoms with Crippen LogP contribution in [0.3, 0.4) is 0 Å². The van der Waals surface area contributed by atoms with Gasteiger partial charge in [0.25, 0.3) is 5.56 Å². The predicted molar refractivity (Wildman–Crippen MR) is 137 cm³/mol. The fourth-order valence-corrected chi connectivity index (χ4v) is 3.95. The lowest BCUT2D eigenvalue weighted by molar-refractivity contribution is -0.0172. The number of halogens is 1. The lowest BCUT2D eigenvalue weighted by Crippen LogP contribution is -2.39. The first kappa shape index (κ1) is 24.9. The average molecular weight is 517 g/mol. The molecular formula is C24H25ClN4O5S. The van der Waals surface area contributed by atoms with Crippen LogP contribution >= 0.6 is 23.8 Å².